The van der Waals surface area contributed by atoms with E-state index in [4.69, 9.17) is 5.11 Å². The SMILES string of the molecule is Cc1ccc(-c2nnn(-c3ccc(CCO)cc3)n2)cc1. The zero-order valence-corrected chi connectivity index (χ0v) is 11.8. The normalized spacial score (nSPS) is 10.8. The second-order valence-corrected chi connectivity index (χ2v) is 4.91. The van der Waals surface area contributed by atoms with Crippen LogP contribution in [0.2, 0.25) is 0 Å². The average Bonchev–Trinajstić information content (AvgIpc) is 2.99. The minimum atomic E-state index is 0.151. The highest BCUT2D eigenvalue weighted by Gasteiger charge is 2.07. The van der Waals surface area contributed by atoms with Crippen molar-refractivity contribution in [2.24, 2.45) is 0 Å². The summed E-state index contributed by atoms with van der Waals surface area (Å²) >= 11 is 0. The first-order valence-electron chi connectivity index (χ1n) is 6.83. The van der Waals surface area contributed by atoms with Crippen molar-refractivity contribution in [3.8, 4) is 17.1 Å². The molecule has 21 heavy (non-hydrogen) atoms. The maximum absolute atomic E-state index is 8.91. The van der Waals surface area contributed by atoms with Crippen molar-refractivity contribution < 1.29 is 5.11 Å². The molecule has 0 atom stereocenters. The van der Waals surface area contributed by atoms with Crippen LogP contribution in [0.25, 0.3) is 17.1 Å². The highest BCUT2D eigenvalue weighted by molar-refractivity contribution is 5.54. The van der Waals surface area contributed by atoms with Crippen LogP contribution in [0.3, 0.4) is 0 Å². The van der Waals surface area contributed by atoms with E-state index in [2.05, 4.69) is 15.4 Å². The van der Waals surface area contributed by atoms with Gasteiger partial charge in [0.2, 0.25) is 5.82 Å². The maximum atomic E-state index is 8.91. The van der Waals surface area contributed by atoms with Crippen molar-refractivity contribution in [2.45, 2.75) is 13.3 Å². The molecular weight excluding hydrogens is 264 g/mol. The predicted octanol–water partition coefficient (Wildman–Crippen LogP) is 2.17. The highest BCUT2D eigenvalue weighted by atomic mass is 16.2. The number of aryl methyl sites for hydroxylation is 1. The van der Waals surface area contributed by atoms with E-state index in [-0.39, 0.29) is 6.61 Å². The van der Waals surface area contributed by atoms with Crippen molar-refractivity contribution in [3.05, 3.63) is 59.7 Å². The molecule has 0 fully saturated rings. The van der Waals surface area contributed by atoms with Gasteiger partial charge in [-0.05, 0) is 36.3 Å². The van der Waals surface area contributed by atoms with Crippen LogP contribution in [0.4, 0.5) is 0 Å². The fourth-order valence-corrected chi connectivity index (χ4v) is 2.07. The summed E-state index contributed by atoms with van der Waals surface area (Å²) in [5.74, 6) is 0.606. The fraction of sp³-hybridized carbons (Fsp3) is 0.188. The second kappa shape index (κ2) is 5.85. The molecular formula is C16H16N4O. The molecule has 106 valence electrons. The standard InChI is InChI=1S/C16H16N4O/c1-12-2-6-14(7-3-12)16-17-19-20(18-16)15-8-4-13(5-9-15)10-11-21/h2-9,21H,10-11H2,1H3. The van der Waals surface area contributed by atoms with Gasteiger partial charge >= 0.3 is 0 Å². The van der Waals surface area contributed by atoms with Gasteiger partial charge in [-0.2, -0.15) is 0 Å². The van der Waals surface area contributed by atoms with Crippen LogP contribution in [-0.4, -0.2) is 31.9 Å². The summed E-state index contributed by atoms with van der Waals surface area (Å²) in [5.41, 5.74) is 4.08. The quantitative estimate of drug-likeness (QED) is 0.795. The van der Waals surface area contributed by atoms with Crippen LogP contribution in [0.5, 0.6) is 0 Å². The molecule has 3 rings (SSSR count). The molecule has 0 bridgehead atoms. The van der Waals surface area contributed by atoms with Gasteiger partial charge in [0.15, 0.2) is 0 Å². The third-order valence-corrected chi connectivity index (χ3v) is 3.29. The van der Waals surface area contributed by atoms with Gasteiger partial charge in [0, 0.05) is 12.2 Å². The van der Waals surface area contributed by atoms with E-state index in [0.717, 1.165) is 16.8 Å². The van der Waals surface area contributed by atoms with Crippen LogP contribution in [0.15, 0.2) is 48.5 Å². The van der Waals surface area contributed by atoms with E-state index < -0.39 is 0 Å². The molecule has 0 saturated heterocycles. The summed E-state index contributed by atoms with van der Waals surface area (Å²) < 4.78 is 0. The molecule has 0 saturated carbocycles. The zero-order valence-electron chi connectivity index (χ0n) is 11.8. The lowest BCUT2D eigenvalue weighted by molar-refractivity contribution is 0.299. The molecule has 5 heteroatoms. The van der Waals surface area contributed by atoms with E-state index in [1.807, 2.05) is 55.5 Å². The number of tetrazole rings is 1. The Morgan fingerprint density at radius 2 is 1.71 bits per heavy atom. The first-order valence-corrected chi connectivity index (χ1v) is 6.83. The van der Waals surface area contributed by atoms with E-state index in [9.17, 15) is 0 Å². The number of nitrogens with zero attached hydrogens (tertiary/aromatic N) is 4. The van der Waals surface area contributed by atoms with E-state index >= 15 is 0 Å². The maximum Gasteiger partial charge on any atom is 0.205 e. The number of hydrogen-bond acceptors (Lipinski definition) is 4. The molecule has 5 nitrogen and oxygen atoms in total. The number of aliphatic hydroxyl groups is 1. The Morgan fingerprint density at radius 3 is 2.38 bits per heavy atom. The summed E-state index contributed by atoms with van der Waals surface area (Å²) in [4.78, 5) is 1.51. The van der Waals surface area contributed by atoms with Gasteiger partial charge in [-0.1, -0.05) is 42.0 Å². The second-order valence-electron chi connectivity index (χ2n) is 4.91. The molecule has 1 N–H and O–H groups in total. The Morgan fingerprint density at radius 1 is 1.00 bits per heavy atom. The van der Waals surface area contributed by atoms with Gasteiger partial charge in [0.1, 0.15) is 0 Å². The smallest absolute Gasteiger partial charge is 0.205 e. The van der Waals surface area contributed by atoms with Gasteiger partial charge in [0.05, 0.1) is 5.69 Å². The molecule has 0 spiro atoms. The fourth-order valence-electron chi connectivity index (χ4n) is 2.07. The van der Waals surface area contributed by atoms with Gasteiger partial charge < -0.3 is 5.11 Å². The minimum absolute atomic E-state index is 0.151. The first-order chi connectivity index (χ1) is 10.3. The lowest BCUT2D eigenvalue weighted by Crippen LogP contribution is -1.99. The van der Waals surface area contributed by atoms with Crippen molar-refractivity contribution in [1.29, 1.82) is 0 Å². The summed E-state index contributed by atoms with van der Waals surface area (Å²) in [6.07, 6.45) is 0.652. The number of hydrogen-bond donors (Lipinski definition) is 1. The summed E-state index contributed by atoms with van der Waals surface area (Å²) in [6, 6.07) is 15.8. The number of benzene rings is 2. The Hall–Kier alpha value is -2.53. The Bertz CT molecular complexity index is 717. The number of rotatable bonds is 4. The van der Waals surface area contributed by atoms with Gasteiger partial charge in [0.25, 0.3) is 0 Å². The van der Waals surface area contributed by atoms with Crippen molar-refractivity contribution in [3.63, 3.8) is 0 Å². The monoisotopic (exact) mass is 280 g/mol. The molecule has 0 amide bonds. The molecule has 2 aromatic carbocycles. The lowest BCUT2D eigenvalue weighted by atomic mass is 10.1. The van der Waals surface area contributed by atoms with Crippen LogP contribution in [-0.2, 0) is 6.42 Å². The first kappa shape index (κ1) is 13.5. The van der Waals surface area contributed by atoms with Crippen LogP contribution >= 0.6 is 0 Å². The summed E-state index contributed by atoms with van der Waals surface area (Å²) in [7, 11) is 0. The van der Waals surface area contributed by atoms with Crippen molar-refractivity contribution in [2.75, 3.05) is 6.61 Å². The third-order valence-electron chi connectivity index (χ3n) is 3.29. The Balaban J connectivity index is 1.85. The van der Waals surface area contributed by atoms with E-state index in [1.54, 1.807) is 0 Å². The molecule has 0 aliphatic rings. The number of aliphatic hydroxyl groups excluding tert-OH is 1. The molecule has 3 aromatic rings. The van der Waals surface area contributed by atoms with E-state index in [1.165, 1.54) is 10.4 Å². The van der Waals surface area contributed by atoms with Gasteiger partial charge in [-0.25, -0.2) is 0 Å². The largest absolute Gasteiger partial charge is 0.396 e. The van der Waals surface area contributed by atoms with Crippen LogP contribution < -0.4 is 0 Å². The lowest BCUT2D eigenvalue weighted by Gasteiger charge is -2.01. The molecule has 0 aliphatic carbocycles. The van der Waals surface area contributed by atoms with Crippen molar-refractivity contribution in [1.82, 2.24) is 20.2 Å². The third kappa shape index (κ3) is 2.98. The Kier molecular flexibility index (Phi) is 3.75. The minimum Gasteiger partial charge on any atom is -0.396 e. The zero-order chi connectivity index (χ0) is 14.7. The Labute approximate surface area is 122 Å². The summed E-state index contributed by atoms with van der Waals surface area (Å²) in [6.45, 7) is 2.19. The number of aromatic nitrogens is 4. The van der Waals surface area contributed by atoms with E-state index in [0.29, 0.717) is 12.2 Å². The van der Waals surface area contributed by atoms with Crippen LogP contribution in [0.1, 0.15) is 11.1 Å². The molecule has 0 aliphatic heterocycles. The van der Waals surface area contributed by atoms with Gasteiger partial charge in [-0.3, -0.25) is 0 Å². The topological polar surface area (TPSA) is 63.8 Å². The van der Waals surface area contributed by atoms with Crippen LogP contribution in [0, 0.1) is 6.92 Å². The van der Waals surface area contributed by atoms with Crippen molar-refractivity contribution >= 4 is 0 Å². The average molecular weight is 280 g/mol. The predicted molar refractivity (Wildman–Crippen MR) is 80.1 cm³/mol. The summed E-state index contributed by atoms with van der Waals surface area (Å²) in [5, 5.41) is 21.5. The molecule has 1 heterocycles. The molecule has 0 radical (unpaired) electrons. The molecule has 1 aromatic heterocycles. The van der Waals surface area contributed by atoms with Gasteiger partial charge in [-0.15, -0.1) is 15.0 Å². The highest BCUT2D eigenvalue weighted by Crippen LogP contribution is 2.15. The molecule has 0 unspecified atom stereocenters.